The number of likely N-dealkylation sites (N-methyl/N-ethyl adjacent to an activating group) is 1. The predicted molar refractivity (Wildman–Crippen MR) is 191 cm³/mol. The van der Waals surface area contributed by atoms with Crippen LogP contribution in [0.2, 0.25) is 0 Å². The predicted octanol–water partition coefficient (Wildman–Crippen LogP) is 14.2. The van der Waals surface area contributed by atoms with Gasteiger partial charge >= 0.3 is 79.4 Å². The van der Waals surface area contributed by atoms with E-state index in [0.29, 0.717) is 32.1 Å². The van der Waals surface area contributed by atoms with Crippen molar-refractivity contribution in [2.45, 2.75) is 168 Å². The number of ether oxygens (including phenoxy) is 2. The van der Waals surface area contributed by atoms with E-state index < -0.39 is 144 Å². The lowest BCUT2D eigenvalue weighted by Gasteiger charge is -2.42. The highest BCUT2D eigenvalue weighted by Gasteiger charge is 2.95. The average molecular weight is 1120 g/mol. The Labute approximate surface area is 383 Å². The fourth-order valence-electron chi connectivity index (χ4n) is 5.59. The minimum atomic E-state index is -8.73. The molecule has 0 aromatic rings. The van der Waals surface area contributed by atoms with Gasteiger partial charge in [-0.1, -0.05) is 51.4 Å². The summed E-state index contributed by atoms with van der Waals surface area (Å²) in [5, 5.41) is 0. The molecule has 0 rings (SSSR count). The molecule has 1 N–H and O–H groups in total. The quantitative estimate of drug-likeness (QED) is 0.0292. The molecule has 0 aliphatic heterocycles. The smallest absolute Gasteiger partial charge is 0.379 e. The number of unbranched alkanes of at least 4 members (excludes halogenated alkanes) is 10. The van der Waals surface area contributed by atoms with Crippen LogP contribution < -0.4 is 0 Å². The lowest BCUT2D eigenvalue weighted by atomic mass is 9.88. The largest absolute Gasteiger partial charge is 0.472 e. The van der Waals surface area contributed by atoms with Crippen LogP contribution in [-0.4, -0.2) is 148 Å². The van der Waals surface area contributed by atoms with E-state index in [1.165, 1.54) is 0 Å². The summed E-state index contributed by atoms with van der Waals surface area (Å²) in [7, 11) is 0.380. The summed E-state index contributed by atoms with van der Waals surface area (Å²) in [6, 6.07) is 0. The Morgan fingerprint density at radius 3 is 1.11 bits per heavy atom. The summed E-state index contributed by atoms with van der Waals surface area (Å²) in [4.78, 5) is 10.0. The molecule has 0 spiro atoms. The van der Waals surface area contributed by atoms with Crippen molar-refractivity contribution < 1.29 is 147 Å². The van der Waals surface area contributed by atoms with Crippen molar-refractivity contribution in [1.82, 2.24) is 0 Å². The number of quaternary nitrogens is 1. The summed E-state index contributed by atoms with van der Waals surface area (Å²) < 4.78 is 379. The van der Waals surface area contributed by atoms with E-state index in [2.05, 4.69) is 0 Å². The molecule has 0 aromatic carbocycles. The normalized spacial score (nSPS) is 16.5. The summed E-state index contributed by atoms with van der Waals surface area (Å²) in [5.41, 5.74) is 0. The standard InChI is InChI=1S/C36H50F26NO6P/c1-63(2,3)18-21-68-70(64,65)69-23-24(67-20-15-10-8-6-4-5-7-9-12-16-26(39,40)28(43,44)33(53,54)35(57,58)59)22-66-19-14-11-13-17-25(37,38)27(41,42)29(45,46)30(47,48)31(49,50)32(51,52)34(55,56)36(60,61)62/h24H,4-23H2,1-3H3/p+1/t24-/m0/s1. The molecule has 0 aliphatic carbocycles. The van der Waals surface area contributed by atoms with Crippen LogP contribution in [0.1, 0.15) is 89.9 Å². The maximum atomic E-state index is 14.2. The van der Waals surface area contributed by atoms with E-state index in [0.717, 1.165) is 0 Å². The van der Waals surface area contributed by atoms with Crippen molar-refractivity contribution in [1.29, 1.82) is 0 Å². The van der Waals surface area contributed by atoms with Gasteiger partial charge in [-0.3, -0.25) is 9.05 Å². The third kappa shape index (κ3) is 16.8. The number of rotatable bonds is 36. The molecular weight excluding hydrogens is 1070 g/mol. The van der Waals surface area contributed by atoms with Gasteiger partial charge in [0.25, 0.3) is 0 Å². The van der Waals surface area contributed by atoms with Crippen molar-refractivity contribution in [3.63, 3.8) is 0 Å². The molecule has 7 nitrogen and oxygen atoms in total. The number of halogens is 26. The molecule has 0 saturated carbocycles. The highest BCUT2D eigenvalue weighted by Crippen LogP contribution is 2.64. The van der Waals surface area contributed by atoms with Gasteiger partial charge in [0.05, 0.1) is 34.4 Å². The molecule has 0 saturated heterocycles. The minimum absolute atomic E-state index is 0.122. The molecule has 70 heavy (non-hydrogen) atoms. The zero-order chi connectivity index (χ0) is 55.5. The first-order valence-electron chi connectivity index (χ1n) is 20.5. The van der Waals surface area contributed by atoms with Gasteiger partial charge in [0.15, 0.2) is 0 Å². The van der Waals surface area contributed by atoms with Gasteiger partial charge in [0.2, 0.25) is 0 Å². The topological polar surface area (TPSA) is 74.2 Å². The van der Waals surface area contributed by atoms with E-state index in [1.807, 2.05) is 0 Å². The third-order valence-electron chi connectivity index (χ3n) is 10.0. The van der Waals surface area contributed by atoms with E-state index in [-0.39, 0.29) is 43.5 Å². The van der Waals surface area contributed by atoms with Crippen LogP contribution in [0, 0.1) is 0 Å². The Kier molecular flexibility index (Phi) is 24.0. The molecule has 34 heteroatoms. The van der Waals surface area contributed by atoms with E-state index in [9.17, 15) is 124 Å². The zero-order valence-electron chi connectivity index (χ0n) is 36.9. The zero-order valence-corrected chi connectivity index (χ0v) is 37.8. The van der Waals surface area contributed by atoms with Gasteiger partial charge in [-0.15, -0.1) is 0 Å². The number of phosphoric ester groups is 1. The molecule has 0 bridgehead atoms. The molecule has 0 heterocycles. The lowest BCUT2D eigenvalue weighted by molar-refractivity contribution is -0.870. The van der Waals surface area contributed by atoms with Crippen molar-refractivity contribution >= 4 is 7.82 Å². The maximum Gasteiger partial charge on any atom is 0.472 e. The van der Waals surface area contributed by atoms with Crippen LogP contribution in [0.15, 0.2) is 0 Å². The second-order valence-corrected chi connectivity index (χ2v) is 18.4. The van der Waals surface area contributed by atoms with Crippen LogP contribution in [0.25, 0.3) is 0 Å². The third-order valence-corrected chi connectivity index (χ3v) is 11.0. The summed E-state index contributed by atoms with van der Waals surface area (Å²) in [6.45, 7) is -2.04. The van der Waals surface area contributed by atoms with Crippen LogP contribution in [0.3, 0.4) is 0 Å². The SMILES string of the molecule is C[N+](C)(C)CCOP(=O)(O)OC[C@H](COCCCCCC(F)(F)C(F)(F)C(F)(F)C(F)(F)C(F)(F)C(F)(F)C(F)(F)C(F)(F)F)OCCCCCCCCCCCC(F)(F)C(F)(F)C(F)(F)C(F)(F)F. The first kappa shape index (κ1) is 68.2. The van der Waals surface area contributed by atoms with Crippen LogP contribution in [0.4, 0.5) is 114 Å². The summed E-state index contributed by atoms with van der Waals surface area (Å²) in [5.74, 6) is -76.4. The Morgan fingerprint density at radius 1 is 0.400 bits per heavy atom. The van der Waals surface area contributed by atoms with E-state index in [1.54, 1.807) is 21.1 Å². The Bertz CT molecular complexity index is 1610. The summed E-state index contributed by atoms with van der Waals surface area (Å²) >= 11 is 0. The van der Waals surface area contributed by atoms with Gasteiger partial charge in [-0.25, -0.2) is 4.57 Å². The highest BCUT2D eigenvalue weighted by atomic mass is 31.2. The molecule has 2 atom stereocenters. The number of hydrogen-bond donors (Lipinski definition) is 1. The molecule has 0 fully saturated rings. The fourth-order valence-corrected chi connectivity index (χ4v) is 6.33. The fraction of sp³-hybridized carbons (Fsp3) is 1.00. The molecule has 0 amide bonds. The molecule has 422 valence electrons. The average Bonchev–Trinajstić information content (AvgIpc) is 3.17. The van der Waals surface area contributed by atoms with Gasteiger partial charge < -0.3 is 18.9 Å². The van der Waals surface area contributed by atoms with Gasteiger partial charge in [-0.2, -0.15) is 114 Å². The maximum absolute atomic E-state index is 14.2. The Hall–Kier alpha value is -1.83. The van der Waals surface area contributed by atoms with Gasteiger partial charge in [0, 0.05) is 26.1 Å². The van der Waals surface area contributed by atoms with Crippen LogP contribution >= 0.6 is 7.82 Å². The molecule has 1 unspecified atom stereocenters. The van der Waals surface area contributed by atoms with Crippen molar-refractivity contribution in [2.24, 2.45) is 0 Å². The first-order chi connectivity index (χ1) is 31.0. The molecule has 0 aliphatic rings. The lowest BCUT2D eigenvalue weighted by Crippen LogP contribution is -2.74. The molecule has 0 radical (unpaired) electrons. The van der Waals surface area contributed by atoms with E-state index in [4.69, 9.17) is 18.5 Å². The van der Waals surface area contributed by atoms with E-state index >= 15 is 0 Å². The number of hydrogen-bond acceptors (Lipinski definition) is 5. The van der Waals surface area contributed by atoms with Crippen LogP contribution in [0.5, 0.6) is 0 Å². The number of alkyl halides is 26. The Morgan fingerprint density at radius 2 is 0.714 bits per heavy atom. The molecule has 0 aromatic heterocycles. The van der Waals surface area contributed by atoms with Crippen LogP contribution in [-0.2, 0) is 23.1 Å². The monoisotopic (exact) mass is 1120 g/mol. The molecular formula is C36H51F26NO6P+. The van der Waals surface area contributed by atoms with Crippen molar-refractivity contribution in [3.05, 3.63) is 0 Å². The Balaban J connectivity index is 5.25. The van der Waals surface area contributed by atoms with Gasteiger partial charge in [-0.05, 0) is 25.7 Å². The van der Waals surface area contributed by atoms with Crippen molar-refractivity contribution in [3.8, 4) is 0 Å². The van der Waals surface area contributed by atoms with Gasteiger partial charge in [0.1, 0.15) is 19.3 Å². The number of nitrogens with zero attached hydrogens (tertiary/aromatic N) is 1. The second kappa shape index (κ2) is 24.7. The number of phosphoric acid groups is 1. The highest BCUT2D eigenvalue weighted by molar-refractivity contribution is 7.47. The first-order valence-corrected chi connectivity index (χ1v) is 22.0. The second-order valence-electron chi connectivity index (χ2n) is 16.9. The van der Waals surface area contributed by atoms with Crippen molar-refractivity contribution in [2.75, 3.05) is 60.7 Å². The summed E-state index contributed by atoms with van der Waals surface area (Å²) in [6.07, 6.45) is -21.7. The minimum Gasteiger partial charge on any atom is -0.379 e.